The van der Waals surface area contributed by atoms with Crippen molar-refractivity contribution in [2.75, 3.05) is 94.8 Å². The molecule has 0 aliphatic carbocycles. The molecule has 3 aromatic carbocycles. The summed E-state index contributed by atoms with van der Waals surface area (Å²) in [6.07, 6.45) is 25.0. The first-order valence-corrected chi connectivity index (χ1v) is 32.1. The average molecular weight is 1270 g/mol. The predicted octanol–water partition coefficient (Wildman–Crippen LogP) is 15.4. The smallest absolute Gasteiger partial charge is 0.213 e. The fourth-order valence-electron chi connectivity index (χ4n) is 11.1. The Labute approximate surface area is 554 Å². The van der Waals surface area contributed by atoms with Gasteiger partial charge in [-0.05, 0) is 201 Å². The lowest BCUT2D eigenvalue weighted by molar-refractivity contribution is -0.185. The zero-order valence-electron chi connectivity index (χ0n) is 58.0. The van der Waals surface area contributed by atoms with Crippen molar-refractivity contribution in [3.8, 4) is 11.8 Å². The molecule has 0 bridgehead atoms. The molecule has 0 amide bonds. The third-order valence-corrected chi connectivity index (χ3v) is 16.8. The Kier molecular flexibility index (Phi) is 24.8. The van der Waals surface area contributed by atoms with Crippen LogP contribution in [0.4, 0.5) is 22.9 Å². The molecule has 0 spiro atoms. The number of pyridine rings is 3. The Bertz CT molecular complexity index is 3510. The number of aromatic nitrogens is 3. The lowest BCUT2D eigenvalue weighted by Gasteiger charge is -2.36. The van der Waals surface area contributed by atoms with Crippen LogP contribution in [0.2, 0.25) is 0 Å². The summed E-state index contributed by atoms with van der Waals surface area (Å²) in [5.41, 5.74) is 10.4. The number of hydrogen-bond acceptors (Lipinski definition) is 17. The van der Waals surface area contributed by atoms with E-state index in [-0.39, 0.29) is 5.54 Å². The van der Waals surface area contributed by atoms with Crippen LogP contribution < -0.4 is 29.9 Å². The van der Waals surface area contributed by atoms with Gasteiger partial charge in [0.1, 0.15) is 19.0 Å². The van der Waals surface area contributed by atoms with Crippen molar-refractivity contribution in [2.24, 2.45) is 0 Å². The lowest BCUT2D eigenvalue weighted by Crippen LogP contribution is -2.48. The Morgan fingerprint density at radius 2 is 0.817 bits per heavy atom. The number of anilines is 4. The molecule has 0 saturated carbocycles. The molecule has 9 rings (SSSR count). The van der Waals surface area contributed by atoms with Gasteiger partial charge in [-0.3, -0.25) is 0 Å². The number of nitrogens with zero attached hydrogens (tertiary/aromatic N) is 8. The molecule has 17 heteroatoms. The van der Waals surface area contributed by atoms with Crippen LogP contribution in [0.25, 0.3) is 36.5 Å². The SMILES string of the molecule is CCCOCCOCCOc1ccc(/C=C/c2ccc(NCC3=CC(C)(C)N(O)C3(C)C)cc2)cn1.CN(C)c1ccc(/C=C/c2ccc(NC3=CC(C)(C)N(O)C3(C)C)nc2)cc1.CN(C)c1ccc(/C=C/c2ccc(OCC3=CC(C)(C)N(O)C3(C)C)nc2)cc1. The molecule has 6 heterocycles. The van der Waals surface area contributed by atoms with E-state index >= 15 is 0 Å². The van der Waals surface area contributed by atoms with Gasteiger partial charge in [0.05, 0.1) is 53.1 Å². The number of nitrogens with one attached hydrogen (secondary N) is 2. The Morgan fingerprint density at radius 3 is 1.22 bits per heavy atom. The van der Waals surface area contributed by atoms with Crippen molar-refractivity contribution in [1.82, 2.24) is 30.1 Å². The van der Waals surface area contributed by atoms with Crippen LogP contribution in [-0.2, 0) is 9.47 Å². The van der Waals surface area contributed by atoms with E-state index in [2.05, 4.69) is 152 Å². The van der Waals surface area contributed by atoms with Crippen molar-refractivity contribution in [2.45, 2.75) is 130 Å². The maximum Gasteiger partial charge on any atom is 0.213 e. The Balaban J connectivity index is 0.000000200. The van der Waals surface area contributed by atoms with E-state index in [1.165, 1.54) is 32.1 Å². The molecule has 0 saturated heterocycles. The van der Waals surface area contributed by atoms with E-state index in [1.54, 1.807) is 12.4 Å². The van der Waals surface area contributed by atoms with Gasteiger partial charge in [0, 0.05) is 94.8 Å². The van der Waals surface area contributed by atoms with Crippen LogP contribution in [0.3, 0.4) is 0 Å². The molecule has 498 valence electrons. The number of rotatable bonds is 25. The van der Waals surface area contributed by atoms with Crippen LogP contribution in [0.1, 0.15) is 130 Å². The first-order valence-electron chi connectivity index (χ1n) is 32.1. The molecular weight excluding hydrogens is 1160 g/mol. The van der Waals surface area contributed by atoms with Crippen molar-refractivity contribution < 1.29 is 34.6 Å². The quantitative estimate of drug-likeness (QED) is 0.0270. The molecule has 0 atom stereocenters. The third-order valence-electron chi connectivity index (χ3n) is 16.8. The van der Waals surface area contributed by atoms with Gasteiger partial charge >= 0.3 is 0 Å². The minimum Gasteiger partial charge on any atom is -0.475 e. The second kappa shape index (κ2) is 31.8. The standard InChI is InChI=1S/C29H41N3O4.C24H31N3O2.C23H30N4O/c1-6-15-34-16-17-35-18-19-36-27-14-11-24(21-31-27)8-7-23-9-12-26(13-10-23)30-22-25-20-28(2,3)32(33)29(25,4)5;1-23(2)15-20(24(3,4)27(23)28)17-29-22-14-11-19(16-25-22)8-7-18-9-12-21(13-10-18)26(5)6;1-22(2)15-20(23(3,4)27(22)28)25-21-14-11-18(16-24-21)8-7-17-9-12-19(13-10-17)26(5)6/h7-14,20-21,30,33H,6,15-19,22H2,1-5H3;7-16,28H,17H2,1-6H3;7-16,28H,1-6H3,(H,24,25)/b3*8-7+. The second-order valence-corrected chi connectivity index (χ2v) is 27.2. The van der Waals surface area contributed by atoms with E-state index in [0.717, 1.165) is 69.2 Å². The summed E-state index contributed by atoms with van der Waals surface area (Å²) in [7, 11) is 8.14. The van der Waals surface area contributed by atoms with E-state index < -0.39 is 27.7 Å². The van der Waals surface area contributed by atoms with Crippen LogP contribution in [0, 0.1) is 0 Å². The van der Waals surface area contributed by atoms with Gasteiger partial charge in [-0.25, -0.2) is 15.0 Å². The number of benzene rings is 3. The molecule has 0 radical (unpaired) electrons. The summed E-state index contributed by atoms with van der Waals surface area (Å²) in [6.45, 7) is 30.1. The van der Waals surface area contributed by atoms with Crippen LogP contribution in [0.5, 0.6) is 11.8 Å². The summed E-state index contributed by atoms with van der Waals surface area (Å²) in [6, 6.07) is 36.8. The van der Waals surface area contributed by atoms with Gasteiger partial charge in [0.25, 0.3) is 0 Å². The van der Waals surface area contributed by atoms with Crippen LogP contribution >= 0.6 is 0 Å². The normalized spacial score (nSPS) is 17.7. The van der Waals surface area contributed by atoms with Gasteiger partial charge in [-0.15, -0.1) is 0 Å². The molecule has 17 nitrogen and oxygen atoms in total. The fraction of sp³-hybridized carbons (Fsp3) is 0.408. The van der Waals surface area contributed by atoms with Gasteiger partial charge < -0.3 is 55.0 Å². The van der Waals surface area contributed by atoms with Crippen molar-refractivity contribution in [1.29, 1.82) is 0 Å². The number of hydrogen-bond donors (Lipinski definition) is 5. The zero-order chi connectivity index (χ0) is 67.8. The van der Waals surface area contributed by atoms with Crippen LogP contribution in [0.15, 0.2) is 163 Å². The largest absolute Gasteiger partial charge is 0.475 e. The predicted molar refractivity (Wildman–Crippen MR) is 382 cm³/mol. The summed E-state index contributed by atoms with van der Waals surface area (Å²) in [4.78, 5) is 17.5. The first-order chi connectivity index (χ1) is 43.9. The lowest BCUT2D eigenvalue weighted by atomic mass is 9.96. The van der Waals surface area contributed by atoms with E-state index in [4.69, 9.17) is 18.9 Å². The Morgan fingerprint density at radius 1 is 0.430 bits per heavy atom. The van der Waals surface area contributed by atoms with Crippen molar-refractivity contribution in [3.05, 3.63) is 196 Å². The highest BCUT2D eigenvalue weighted by Gasteiger charge is 2.47. The molecule has 3 aliphatic rings. The summed E-state index contributed by atoms with van der Waals surface area (Å²) in [5, 5.41) is 42.3. The Hall–Kier alpha value is -7.97. The highest BCUT2D eigenvalue weighted by molar-refractivity contribution is 5.72. The van der Waals surface area contributed by atoms with Gasteiger partial charge in [-0.1, -0.05) is 91.9 Å². The summed E-state index contributed by atoms with van der Waals surface area (Å²) >= 11 is 0. The second-order valence-electron chi connectivity index (χ2n) is 27.2. The van der Waals surface area contributed by atoms with Gasteiger partial charge in [0.15, 0.2) is 0 Å². The maximum absolute atomic E-state index is 10.5. The van der Waals surface area contributed by atoms with Crippen LogP contribution in [-0.4, -0.2) is 153 Å². The van der Waals surface area contributed by atoms with Gasteiger partial charge in [0.2, 0.25) is 11.8 Å². The van der Waals surface area contributed by atoms with Crippen molar-refractivity contribution in [3.63, 3.8) is 0 Å². The molecule has 3 aromatic heterocycles. The minimum absolute atomic E-state index is 0.369. The average Bonchev–Trinajstić information content (AvgIpc) is 1.64. The third kappa shape index (κ3) is 20.0. The molecule has 6 aromatic rings. The molecule has 5 N–H and O–H groups in total. The molecule has 0 unspecified atom stereocenters. The van der Waals surface area contributed by atoms with E-state index in [0.29, 0.717) is 51.3 Å². The number of hydroxylamine groups is 6. The zero-order valence-corrected chi connectivity index (χ0v) is 58.0. The fourth-order valence-corrected chi connectivity index (χ4v) is 11.1. The highest BCUT2D eigenvalue weighted by atomic mass is 16.5. The maximum atomic E-state index is 10.5. The first kappa shape index (κ1) is 72.5. The minimum atomic E-state index is -0.498. The topological polar surface area (TPSA) is 177 Å². The summed E-state index contributed by atoms with van der Waals surface area (Å²) < 4.78 is 22.3. The molecule has 0 fully saturated rings. The highest BCUT2D eigenvalue weighted by Crippen LogP contribution is 2.41. The monoisotopic (exact) mass is 1270 g/mol. The van der Waals surface area contributed by atoms with Crippen molar-refractivity contribution >= 4 is 59.3 Å². The van der Waals surface area contributed by atoms with E-state index in [1.807, 2.05) is 172 Å². The molecular formula is C76H102N10O7. The van der Waals surface area contributed by atoms with E-state index in [9.17, 15) is 15.6 Å². The molecule has 93 heavy (non-hydrogen) atoms. The summed E-state index contributed by atoms with van der Waals surface area (Å²) in [5.74, 6) is 1.92. The molecule has 3 aliphatic heterocycles. The van der Waals surface area contributed by atoms with Gasteiger partial charge in [-0.2, -0.15) is 15.2 Å². The number of ether oxygens (including phenoxy) is 4.